The molecule has 3 N–H and O–H groups in total. The average molecular weight is 418 g/mol. The Kier molecular flexibility index (Phi) is 4.93. The fourth-order valence-corrected chi connectivity index (χ4v) is 3.78. The number of nitrogens with two attached hydrogens (primary N) is 1. The summed E-state index contributed by atoms with van der Waals surface area (Å²) in [5, 5.41) is 3.41. The number of thiocarbonyl (C=S) groups is 1. The van der Waals surface area contributed by atoms with Crippen molar-refractivity contribution in [2.24, 2.45) is 5.73 Å². The van der Waals surface area contributed by atoms with Gasteiger partial charge in [0.15, 0.2) is 5.11 Å². The zero-order chi connectivity index (χ0) is 21.4. The molecule has 1 fully saturated rings. The molecular formula is C22H18N4O3S. The van der Waals surface area contributed by atoms with Crippen LogP contribution < -0.4 is 16.0 Å². The Morgan fingerprint density at radius 1 is 1.17 bits per heavy atom. The second kappa shape index (κ2) is 7.57. The molecule has 0 unspecified atom stereocenters. The fourth-order valence-electron chi connectivity index (χ4n) is 3.50. The SMILES string of the molecule is Cc1cccc(N2C(=O)C(=Cc3cn(CC(N)=O)c4ccccc34)C(=O)NC2=S)c1. The summed E-state index contributed by atoms with van der Waals surface area (Å²) < 4.78 is 1.69. The molecule has 7 nitrogen and oxygen atoms in total. The van der Waals surface area contributed by atoms with Crippen LogP contribution in [-0.4, -0.2) is 27.4 Å². The number of aromatic nitrogens is 1. The van der Waals surface area contributed by atoms with E-state index < -0.39 is 17.7 Å². The van der Waals surface area contributed by atoms with E-state index in [0.717, 1.165) is 16.5 Å². The molecule has 3 amide bonds. The second-order valence-electron chi connectivity index (χ2n) is 6.99. The third kappa shape index (κ3) is 3.48. The van der Waals surface area contributed by atoms with Gasteiger partial charge in [0.1, 0.15) is 12.1 Å². The van der Waals surface area contributed by atoms with Gasteiger partial charge in [-0.05, 0) is 49.0 Å². The summed E-state index contributed by atoms with van der Waals surface area (Å²) in [5.41, 5.74) is 8.24. The maximum absolute atomic E-state index is 13.2. The molecule has 1 aliphatic heterocycles. The van der Waals surface area contributed by atoms with Crippen molar-refractivity contribution < 1.29 is 14.4 Å². The van der Waals surface area contributed by atoms with Gasteiger partial charge in [-0.15, -0.1) is 0 Å². The number of nitrogens with zero attached hydrogens (tertiary/aromatic N) is 2. The molecule has 2 aromatic carbocycles. The monoisotopic (exact) mass is 418 g/mol. The van der Waals surface area contributed by atoms with E-state index >= 15 is 0 Å². The number of primary amides is 1. The Bertz CT molecular complexity index is 1260. The number of para-hydroxylation sites is 1. The highest BCUT2D eigenvalue weighted by molar-refractivity contribution is 7.80. The normalized spacial score (nSPS) is 15.7. The van der Waals surface area contributed by atoms with Crippen LogP contribution in [0, 0.1) is 6.92 Å². The van der Waals surface area contributed by atoms with Crippen molar-refractivity contribution in [3.05, 3.63) is 71.4 Å². The molecule has 0 atom stereocenters. The van der Waals surface area contributed by atoms with Gasteiger partial charge in [0.25, 0.3) is 11.8 Å². The summed E-state index contributed by atoms with van der Waals surface area (Å²) in [6.45, 7) is 1.90. The van der Waals surface area contributed by atoms with E-state index in [4.69, 9.17) is 18.0 Å². The maximum atomic E-state index is 13.2. The van der Waals surface area contributed by atoms with Crippen molar-refractivity contribution in [3.8, 4) is 0 Å². The Morgan fingerprint density at radius 3 is 2.67 bits per heavy atom. The molecule has 30 heavy (non-hydrogen) atoms. The second-order valence-corrected chi connectivity index (χ2v) is 7.38. The van der Waals surface area contributed by atoms with Gasteiger partial charge in [-0.2, -0.15) is 0 Å². The van der Waals surface area contributed by atoms with Crippen LogP contribution >= 0.6 is 12.2 Å². The largest absolute Gasteiger partial charge is 0.368 e. The third-order valence-corrected chi connectivity index (χ3v) is 5.09. The summed E-state index contributed by atoms with van der Waals surface area (Å²) in [4.78, 5) is 38.5. The topological polar surface area (TPSA) is 97.4 Å². The van der Waals surface area contributed by atoms with Crippen molar-refractivity contribution in [2.75, 3.05) is 4.90 Å². The van der Waals surface area contributed by atoms with Gasteiger partial charge < -0.3 is 10.3 Å². The molecule has 1 aliphatic rings. The molecule has 0 aliphatic carbocycles. The highest BCUT2D eigenvalue weighted by Gasteiger charge is 2.34. The number of anilines is 1. The molecule has 0 spiro atoms. The van der Waals surface area contributed by atoms with Gasteiger partial charge in [0.05, 0.1) is 5.69 Å². The molecular weight excluding hydrogens is 400 g/mol. The van der Waals surface area contributed by atoms with E-state index in [2.05, 4.69) is 5.32 Å². The van der Waals surface area contributed by atoms with Crippen LogP contribution in [0.1, 0.15) is 11.1 Å². The zero-order valence-corrected chi connectivity index (χ0v) is 16.9. The number of rotatable bonds is 4. The first-order valence-electron chi connectivity index (χ1n) is 9.19. The summed E-state index contributed by atoms with van der Waals surface area (Å²) in [5.74, 6) is -1.57. The lowest BCUT2D eigenvalue weighted by Crippen LogP contribution is -2.54. The highest BCUT2D eigenvalue weighted by atomic mass is 32.1. The molecule has 2 heterocycles. The molecule has 3 aromatic rings. The number of hydrogen-bond acceptors (Lipinski definition) is 4. The van der Waals surface area contributed by atoms with E-state index in [0.29, 0.717) is 11.3 Å². The van der Waals surface area contributed by atoms with Gasteiger partial charge >= 0.3 is 0 Å². The van der Waals surface area contributed by atoms with E-state index in [9.17, 15) is 14.4 Å². The highest BCUT2D eigenvalue weighted by Crippen LogP contribution is 2.27. The lowest BCUT2D eigenvalue weighted by molar-refractivity contribution is -0.122. The average Bonchev–Trinajstić information content (AvgIpc) is 3.02. The lowest BCUT2D eigenvalue weighted by Gasteiger charge is -2.29. The minimum Gasteiger partial charge on any atom is -0.368 e. The minimum absolute atomic E-state index is 0.0106. The minimum atomic E-state index is -0.569. The molecule has 150 valence electrons. The Morgan fingerprint density at radius 2 is 1.93 bits per heavy atom. The quantitative estimate of drug-likeness (QED) is 0.386. The van der Waals surface area contributed by atoms with Crippen LogP contribution in [-0.2, 0) is 20.9 Å². The van der Waals surface area contributed by atoms with Crippen LogP contribution in [0.5, 0.6) is 0 Å². The van der Waals surface area contributed by atoms with Crippen LogP contribution in [0.4, 0.5) is 5.69 Å². The summed E-state index contributed by atoms with van der Waals surface area (Å²) in [7, 11) is 0. The number of benzene rings is 2. The fraction of sp³-hybridized carbons (Fsp3) is 0.0909. The van der Waals surface area contributed by atoms with Crippen molar-refractivity contribution in [1.82, 2.24) is 9.88 Å². The van der Waals surface area contributed by atoms with E-state index in [1.807, 2.05) is 49.4 Å². The molecule has 1 saturated heterocycles. The number of carbonyl (C=O) groups excluding carboxylic acids is 3. The van der Waals surface area contributed by atoms with Gasteiger partial charge in [0.2, 0.25) is 5.91 Å². The maximum Gasteiger partial charge on any atom is 0.270 e. The molecule has 1 aromatic heterocycles. The van der Waals surface area contributed by atoms with Gasteiger partial charge in [-0.1, -0.05) is 30.3 Å². The smallest absolute Gasteiger partial charge is 0.270 e. The van der Waals surface area contributed by atoms with Crippen molar-refractivity contribution in [3.63, 3.8) is 0 Å². The number of nitrogens with one attached hydrogen (secondary N) is 1. The standard InChI is InChI=1S/C22H18N4O3S/c1-13-5-4-6-15(9-13)26-21(29)17(20(28)24-22(26)30)10-14-11-25(12-19(23)27)18-8-3-2-7-16(14)18/h2-11H,12H2,1H3,(H2,23,27)(H,24,28,30). The first-order chi connectivity index (χ1) is 14.3. The van der Waals surface area contributed by atoms with Crippen molar-refractivity contribution >= 4 is 57.7 Å². The number of aryl methyl sites for hydroxylation is 1. The third-order valence-electron chi connectivity index (χ3n) is 4.81. The lowest BCUT2D eigenvalue weighted by atomic mass is 10.1. The Hall–Kier alpha value is -3.78. The number of carbonyl (C=O) groups is 3. The van der Waals surface area contributed by atoms with Crippen molar-refractivity contribution in [2.45, 2.75) is 13.5 Å². The molecule has 0 radical (unpaired) electrons. The molecule has 4 rings (SSSR count). The summed E-state index contributed by atoms with van der Waals surface area (Å²) >= 11 is 5.24. The predicted octanol–water partition coefficient (Wildman–Crippen LogP) is 2.27. The zero-order valence-electron chi connectivity index (χ0n) is 16.1. The van der Waals surface area contributed by atoms with Crippen LogP contribution in [0.15, 0.2) is 60.3 Å². The first-order valence-corrected chi connectivity index (χ1v) is 9.60. The molecule has 0 bridgehead atoms. The van der Waals surface area contributed by atoms with Gasteiger partial charge in [-0.25, -0.2) is 0 Å². The van der Waals surface area contributed by atoms with E-state index in [1.54, 1.807) is 16.8 Å². The van der Waals surface area contributed by atoms with Crippen molar-refractivity contribution in [1.29, 1.82) is 0 Å². The van der Waals surface area contributed by atoms with E-state index in [1.165, 1.54) is 11.0 Å². The van der Waals surface area contributed by atoms with Crippen LogP contribution in [0.3, 0.4) is 0 Å². The Balaban J connectivity index is 1.81. The molecule has 0 saturated carbocycles. The number of hydrogen-bond donors (Lipinski definition) is 2. The van der Waals surface area contributed by atoms with Gasteiger partial charge in [-0.3, -0.25) is 24.6 Å². The number of amides is 3. The van der Waals surface area contributed by atoms with Crippen LogP contribution in [0.25, 0.3) is 17.0 Å². The Labute approximate surface area is 177 Å². The first kappa shape index (κ1) is 19.5. The van der Waals surface area contributed by atoms with E-state index in [-0.39, 0.29) is 17.2 Å². The van der Waals surface area contributed by atoms with Gasteiger partial charge in [0, 0.05) is 22.7 Å². The number of fused-ring (bicyclic) bond motifs is 1. The van der Waals surface area contributed by atoms with Crippen LogP contribution in [0.2, 0.25) is 0 Å². The summed E-state index contributed by atoms with van der Waals surface area (Å²) in [6.07, 6.45) is 3.22. The molecule has 8 heteroatoms. The predicted molar refractivity (Wildman–Crippen MR) is 119 cm³/mol. The summed E-state index contributed by atoms with van der Waals surface area (Å²) in [6, 6.07) is 14.7.